The van der Waals surface area contributed by atoms with Gasteiger partial charge in [0.05, 0.1) is 13.2 Å². The normalized spacial score (nSPS) is 19.9. The molecule has 4 heteroatoms. The van der Waals surface area contributed by atoms with E-state index in [1.807, 2.05) is 12.1 Å². The Morgan fingerprint density at radius 1 is 1.20 bits per heavy atom. The van der Waals surface area contributed by atoms with Crippen LogP contribution in [0.4, 0.5) is 0 Å². The molecule has 0 radical (unpaired) electrons. The molecule has 3 rings (SSSR count). The quantitative estimate of drug-likeness (QED) is 0.903. The smallest absolute Gasteiger partial charge is 0.164 e. The first-order valence-electron chi connectivity index (χ1n) is 7.50. The first-order chi connectivity index (χ1) is 9.76. The fourth-order valence-corrected chi connectivity index (χ4v) is 3.04. The largest absolute Gasteiger partial charge is 0.493 e. The number of piperidine rings is 1. The van der Waals surface area contributed by atoms with Crippen molar-refractivity contribution in [3.05, 3.63) is 22.7 Å². The number of nitrogens with one attached hydrogen (secondary N) is 1. The summed E-state index contributed by atoms with van der Waals surface area (Å²) in [6, 6.07) is 3.90. The zero-order valence-electron chi connectivity index (χ0n) is 12.0. The Hall–Kier alpha value is -0.930. The number of benzene rings is 1. The SMILES string of the molecule is COc1cc(Cl)cc(CC2CCNCC2)c1OC1CC1. The highest BCUT2D eigenvalue weighted by atomic mass is 35.5. The molecule has 0 spiro atoms. The Balaban J connectivity index is 1.83. The van der Waals surface area contributed by atoms with Crippen molar-refractivity contribution in [1.29, 1.82) is 0 Å². The van der Waals surface area contributed by atoms with Crippen LogP contribution in [0.3, 0.4) is 0 Å². The Bertz CT molecular complexity index is 468. The van der Waals surface area contributed by atoms with Gasteiger partial charge in [0.15, 0.2) is 11.5 Å². The summed E-state index contributed by atoms with van der Waals surface area (Å²) in [4.78, 5) is 0. The van der Waals surface area contributed by atoms with Crippen LogP contribution in [0.25, 0.3) is 0 Å². The molecule has 2 fully saturated rings. The number of halogens is 1. The van der Waals surface area contributed by atoms with Crippen LogP contribution in [0.2, 0.25) is 5.02 Å². The van der Waals surface area contributed by atoms with E-state index < -0.39 is 0 Å². The molecule has 1 N–H and O–H groups in total. The maximum Gasteiger partial charge on any atom is 0.164 e. The lowest BCUT2D eigenvalue weighted by atomic mass is 9.90. The van der Waals surface area contributed by atoms with E-state index in [1.165, 1.54) is 18.4 Å². The Morgan fingerprint density at radius 2 is 1.95 bits per heavy atom. The van der Waals surface area contributed by atoms with E-state index in [0.717, 1.165) is 48.9 Å². The molecule has 0 atom stereocenters. The number of rotatable bonds is 5. The van der Waals surface area contributed by atoms with Gasteiger partial charge in [-0.3, -0.25) is 0 Å². The molecule has 2 aliphatic rings. The van der Waals surface area contributed by atoms with Crippen LogP contribution in [0.5, 0.6) is 11.5 Å². The maximum absolute atomic E-state index is 6.22. The number of ether oxygens (including phenoxy) is 2. The molecule has 1 saturated heterocycles. The third-order valence-electron chi connectivity index (χ3n) is 4.09. The van der Waals surface area contributed by atoms with Gasteiger partial charge in [0, 0.05) is 11.1 Å². The zero-order chi connectivity index (χ0) is 13.9. The van der Waals surface area contributed by atoms with Gasteiger partial charge in [0.1, 0.15) is 0 Å². The van der Waals surface area contributed by atoms with Crippen LogP contribution in [0.1, 0.15) is 31.2 Å². The fraction of sp³-hybridized carbons (Fsp3) is 0.625. The molecule has 20 heavy (non-hydrogen) atoms. The topological polar surface area (TPSA) is 30.5 Å². The highest BCUT2D eigenvalue weighted by molar-refractivity contribution is 6.30. The van der Waals surface area contributed by atoms with E-state index in [-0.39, 0.29) is 0 Å². The predicted octanol–water partition coefficient (Wildman–Crippen LogP) is 3.43. The molecule has 1 aliphatic carbocycles. The maximum atomic E-state index is 6.22. The summed E-state index contributed by atoms with van der Waals surface area (Å²) in [5.41, 5.74) is 1.20. The lowest BCUT2D eigenvalue weighted by Gasteiger charge is -2.24. The highest BCUT2D eigenvalue weighted by Gasteiger charge is 2.27. The number of methoxy groups -OCH3 is 1. The van der Waals surface area contributed by atoms with Gasteiger partial charge in [0.2, 0.25) is 0 Å². The fourth-order valence-electron chi connectivity index (χ4n) is 2.81. The van der Waals surface area contributed by atoms with Crippen molar-refractivity contribution in [2.24, 2.45) is 5.92 Å². The Kier molecular flexibility index (Phi) is 4.37. The molecule has 3 nitrogen and oxygen atoms in total. The minimum absolute atomic E-state index is 0.372. The average molecular weight is 296 g/mol. The van der Waals surface area contributed by atoms with Crippen LogP contribution in [0, 0.1) is 5.92 Å². The molecule has 0 bridgehead atoms. The van der Waals surface area contributed by atoms with Gasteiger partial charge >= 0.3 is 0 Å². The Labute approximate surface area is 125 Å². The van der Waals surface area contributed by atoms with Crippen molar-refractivity contribution in [3.8, 4) is 11.5 Å². The molecule has 0 amide bonds. The van der Waals surface area contributed by atoms with Gasteiger partial charge in [-0.25, -0.2) is 0 Å². The van der Waals surface area contributed by atoms with Crippen LogP contribution >= 0.6 is 11.6 Å². The summed E-state index contributed by atoms with van der Waals surface area (Å²) in [5.74, 6) is 2.40. The second kappa shape index (κ2) is 6.23. The first kappa shape index (κ1) is 14.0. The van der Waals surface area contributed by atoms with Crippen molar-refractivity contribution in [3.63, 3.8) is 0 Å². The van der Waals surface area contributed by atoms with Crippen molar-refractivity contribution in [1.82, 2.24) is 5.32 Å². The van der Waals surface area contributed by atoms with Crippen LogP contribution < -0.4 is 14.8 Å². The van der Waals surface area contributed by atoms with E-state index in [0.29, 0.717) is 12.0 Å². The van der Waals surface area contributed by atoms with Gasteiger partial charge < -0.3 is 14.8 Å². The molecule has 1 heterocycles. The van der Waals surface area contributed by atoms with Crippen molar-refractivity contribution < 1.29 is 9.47 Å². The molecule has 0 aromatic heterocycles. The average Bonchev–Trinajstić information content (AvgIpc) is 3.26. The summed E-state index contributed by atoms with van der Waals surface area (Å²) in [6.07, 6.45) is 6.14. The van der Waals surface area contributed by atoms with E-state index >= 15 is 0 Å². The molecule has 1 saturated carbocycles. The van der Waals surface area contributed by atoms with Crippen molar-refractivity contribution in [2.75, 3.05) is 20.2 Å². The molecular weight excluding hydrogens is 274 g/mol. The van der Waals surface area contributed by atoms with Gasteiger partial charge in [-0.2, -0.15) is 0 Å². The summed E-state index contributed by atoms with van der Waals surface area (Å²) >= 11 is 6.22. The number of hydrogen-bond acceptors (Lipinski definition) is 3. The third-order valence-corrected chi connectivity index (χ3v) is 4.31. The second-order valence-electron chi connectivity index (χ2n) is 5.81. The monoisotopic (exact) mass is 295 g/mol. The number of hydrogen-bond donors (Lipinski definition) is 1. The van der Waals surface area contributed by atoms with Gasteiger partial charge in [0.25, 0.3) is 0 Å². The third kappa shape index (κ3) is 3.39. The van der Waals surface area contributed by atoms with Crippen molar-refractivity contribution in [2.45, 2.75) is 38.2 Å². The van der Waals surface area contributed by atoms with Crippen LogP contribution in [-0.2, 0) is 6.42 Å². The predicted molar refractivity (Wildman–Crippen MR) is 81.0 cm³/mol. The molecule has 1 aromatic rings. The molecule has 1 aliphatic heterocycles. The van der Waals surface area contributed by atoms with Crippen LogP contribution in [0.15, 0.2) is 12.1 Å². The van der Waals surface area contributed by atoms with Crippen LogP contribution in [-0.4, -0.2) is 26.3 Å². The van der Waals surface area contributed by atoms with E-state index in [4.69, 9.17) is 21.1 Å². The van der Waals surface area contributed by atoms with Crippen molar-refractivity contribution >= 4 is 11.6 Å². The molecule has 0 unspecified atom stereocenters. The molecule has 1 aromatic carbocycles. The second-order valence-corrected chi connectivity index (χ2v) is 6.25. The summed E-state index contributed by atoms with van der Waals surface area (Å²) < 4.78 is 11.5. The molecular formula is C16H22ClNO2. The van der Waals surface area contributed by atoms with E-state index in [1.54, 1.807) is 7.11 Å². The summed E-state index contributed by atoms with van der Waals surface area (Å²) in [6.45, 7) is 2.22. The zero-order valence-corrected chi connectivity index (χ0v) is 12.7. The Morgan fingerprint density at radius 3 is 2.60 bits per heavy atom. The highest BCUT2D eigenvalue weighted by Crippen LogP contribution is 2.40. The summed E-state index contributed by atoms with van der Waals surface area (Å²) in [7, 11) is 1.68. The lowest BCUT2D eigenvalue weighted by Crippen LogP contribution is -2.28. The molecule has 110 valence electrons. The van der Waals surface area contributed by atoms with E-state index in [9.17, 15) is 0 Å². The lowest BCUT2D eigenvalue weighted by molar-refractivity contribution is 0.275. The first-order valence-corrected chi connectivity index (χ1v) is 7.88. The van der Waals surface area contributed by atoms with Gasteiger partial charge in [-0.15, -0.1) is 0 Å². The standard InChI is InChI=1S/C16H22ClNO2/c1-19-15-10-13(17)9-12(16(15)20-14-2-3-14)8-11-4-6-18-7-5-11/h9-11,14,18H,2-8H2,1H3. The van der Waals surface area contributed by atoms with Gasteiger partial charge in [-0.05, 0) is 62.7 Å². The minimum atomic E-state index is 0.372. The summed E-state index contributed by atoms with van der Waals surface area (Å²) in [5, 5.41) is 4.14. The minimum Gasteiger partial charge on any atom is -0.493 e. The van der Waals surface area contributed by atoms with E-state index in [2.05, 4.69) is 5.32 Å². The van der Waals surface area contributed by atoms with Gasteiger partial charge in [-0.1, -0.05) is 11.6 Å².